The minimum atomic E-state index is -0.683. The lowest BCUT2D eigenvalue weighted by atomic mass is 10.1. The van der Waals surface area contributed by atoms with Crippen LogP contribution in [0, 0.1) is 0 Å². The molecule has 0 atom stereocenters. The molecule has 0 aliphatic heterocycles. The molecule has 0 aliphatic carbocycles. The van der Waals surface area contributed by atoms with Crippen molar-refractivity contribution in [2.45, 2.75) is 0 Å². The number of amides is 2. The van der Waals surface area contributed by atoms with Crippen LogP contribution < -0.4 is 20.2 Å². The summed E-state index contributed by atoms with van der Waals surface area (Å²) in [4.78, 5) is 50.4. The number of ether oxygens (including phenoxy) is 2. The number of carbonyl (C=O) groups is 4. The van der Waals surface area contributed by atoms with Gasteiger partial charge >= 0.3 is 11.9 Å². The Morgan fingerprint density at radius 1 is 0.646 bits per heavy atom. The van der Waals surface area contributed by atoms with Crippen LogP contribution in [0.25, 0.3) is 6.08 Å². The van der Waals surface area contributed by atoms with E-state index in [1.807, 2.05) is 0 Å². The number of nitrogens with zero attached hydrogens (tertiary/aromatic N) is 1. The number of benzene rings is 5. The molecule has 0 saturated heterocycles. The number of anilines is 1. The molecule has 5 aromatic carbocycles. The molecular weight excluding hydrogens is 698 g/mol. The number of para-hydroxylation sites is 2. The second-order valence-electron chi connectivity index (χ2n) is 9.96. The van der Waals surface area contributed by atoms with Crippen molar-refractivity contribution in [2.24, 2.45) is 5.10 Å². The standard InChI is InChI=1S/C37H25BrClN3O6/c38-29-16-9-27(10-17-29)37(46)48-32-7-3-1-5-24(32)15-22-34(43)47-33-8-4-2-6-28(33)23-40-42-36(45)26-13-20-31(21-14-26)41-35(44)25-11-18-30(39)19-12-25/h1-23H,(H,41,44)(H,42,45)/b22-15+,40-23+. The second-order valence-corrected chi connectivity index (χ2v) is 11.3. The molecule has 48 heavy (non-hydrogen) atoms. The largest absolute Gasteiger partial charge is 0.423 e. The Morgan fingerprint density at radius 2 is 1.21 bits per heavy atom. The topological polar surface area (TPSA) is 123 Å². The van der Waals surface area contributed by atoms with Crippen molar-refractivity contribution in [1.82, 2.24) is 5.43 Å². The van der Waals surface area contributed by atoms with Gasteiger partial charge < -0.3 is 14.8 Å². The number of hydrazone groups is 1. The molecule has 0 saturated carbocycles. The van der Waals surface area contributed by atoms with E-state index >= 15 is 0 Å². The van der Waals surface area contributed by atoms with Crippen molar-refractivity contribution in [2.75, 3.05) is 5.32 Å². The zero-order valence-electron chi connectivity index (χ0n) is 24.9. The summed E-state index contributed by atoms with van der Waals surface area (Å²) in [5, 5.41) is 7.28. The Hall–Kier alpha value is -5.84. The first-order valence-corrected chi connectivity index (χ1v) is 15.5. The first kappa shape index (κ1) is 33.5. The first-order chi connectivity index (χ1) is 23.2. The van der Waals surface area contributed by atoms with Gasteiger partial charge in [-0.3, -0.25) is 9.59 Å². The van der Waals surface area contributed by atoms with E-state index in [-0.39, 0.29) is 17.4 Å². The number of carbonyl (C=O) groups excluding carboxylic acids is 4. The van der Waals surface area contributed by atoms with E-state index in [2.05, 4.69) is 31.8 Å². The summed E-state index contributed by atoms with van der Waals surface area (Å²) in [6.45, 7) is 0. The highest BCUT2D eigenvalue weighted by atomic mass is 79.9. The van der Waals surface area contributed by atoms with Crippen LogP contribution in [0.5, 0.6) is 11.5 Å². The van der Waals surface area contributed by atoms with Gasteiger partial charge in [-0.25, -0.2) is 15.0 Å². The van der Waals surface area contributed by atoms with Crippen molar-refractivity contribution >= 4 is 69.3 Å². The Morgan fingerprint density at radius 3 is 1.90 bits per heavy atom. The highest BCUT2D eigenvalue weighted by molar-refractivity contribution is 9.10. The SMILES string of the molecule is O=C(/C=C/c1ccccc1OC(=O)c1ccc(Br)cc1)Oc1ccccc1/C=N/NC(=O)c1ccc(NC(=O)c2ccc(Cl)cc2)cc1. The third-order valence-electron chi connectivity index (χ3n) is 6.61. The van der Waals surface area contributed by atoms with Crippen LogP contribution in [0.3, 0.4) is 0 Å². The number of nitrogens with one attached hydrogen (secondary N) is 2. The fourth-order valence-corrected chi connectivity index (χ4v) is 4.56. The molecule has 0 unspecified atom stereocenters. The fraction of sp³-hybridized carbons (Fsp3) is 0. The molecule has 0 fully saturated rings. The van der Waals surface area contributed by atoms with Crippen LogP contribution in [0.15, 0.2) is 137 Å². The van der Waals surface area contributed by atoms with E-state index in [0.29, 0.717) is 38.5 Å². The van der Waals surface area contributed by atoms with Crippen LogP contribution in [-0.2, 0) is 4.79 Å². The number of esters is 2. The maximum absolute atomic E-state index is 12.7. The molecule has 0 spiro atoms. The summed E-state index contributed by atoms with van der Waals surface area (Å²) in [6.07, 6.45) is 4.04. The summed E-state index contributed by atoms with van der Waals surface area (Å²) in [6, 6.07) is 33.0. The van der Waals surface area contributed by atoms with Crippen LogP contribution >= 0.6 is 27.5 Å². The van der Waals surface area contributed by atoms with Crippen molar-refractivity contribution < 1.29 is 28.7 Å². The van der Waals surface area contributed by atoms with Crippen LogP contribution in [0.2, 0.25) is 5.02 Å². The van der Waals surface area contributed by atoms with E-state index in [4.69, 9.17) is 21.1 Å². The van der Waals surface area contributed by atoms with Crippen LogP contribution in [0.4, 0.5) is 5.69 Å². The van der Waals surface area contributed by atoms with E-state index in [9.17, 15) is 19.2 Å². The third kappa shape index (κ3) is 9.35. The molecule has 5 aromatic rings. The van der Waals surface area contributed by atoms with Gasteiger partial charge in [0.15, 0.2) is 0 Å². The quantitative estimate of drug-likeness (QED) is 0.0496. The van der Waals surface area contributed by atoms with E-state index in [1.54, 1.807) is 121 Å². The second kappa shape index (κ2) is 16.1. The average molecular weight is 723 g/mol. The molecule has 11 heteroatoms. The Kier molecular flexibility index (Phi) is 11.3. The van der Waals surface area contributed by atoms with Gasteiger partial charge in [-0.15, -0.1) is 0 Å². The molecular formula is C37H25BrClN3O6. The molecule has 5 rings (SSSR count). The zero-order valence-corrected chi connectivity index (χ0v) is 27.3. The van der Waals surface area contributed by atoms with E-state index in [0.717, 1.165) is 4.47 Å². The molecule has 2 N–H and O–H groups in total. The predicted octanol–water partition coefficient (Wildman–Crippen LogP) is 7.96. The highest BCUT2D eigenvalue weighted by Crippen LogP contribution is 2.22. The van der Waals surface area contributed by atoms with Gasteiger partial charge in [0.2, 0.25) is 0 Å². The molecule has 238 valence electrons. The van der Waals surface area contributed by atoms with Gasteiger partial charge in [-0.05, 0) is 97.1 Å². The van der Waals surface area contributed by atoms with Crippen LogP contribution in [0.1, 0.15) is 42.2 Å². The highest BCUT2D eigenvalue weighted by Gasteiger charge is 2.12. The molecule has 0 aliphatic rings. The van der Waals surface area contributed by atoms with Gasteiger partial charge in [0.05, 0.1) is 11.8 Å². The smallest absolute Gasteiger partial charge is 0.343 e. The van der Waals surface area contributed by atoms with Gasteiger partial charge in [-0.2, -0.15) is 5.10 Å². The van der Waals surface area contributed by atoms with Gasteiger partial charge in [0.25, 0.3) is 11.8 Å². The third-order valence-corrected chi connectivity index (χ3v) is 7.39. The van der Waals surface area contributed by atoms with Gasteiger partial charge in [0, 0.05) is 43.5 Å². The molecule has 9 nitrogen and oxygen atoms in total. The number of halogens is 2. The number of hydrogen-bond acceptors (Lipinski definition) is 7. The maximum atomic E-state index is 12.7. The van der Waals surface area contributed by atoms with Gasteiger partial charge in [0.1, 0.15) is 11.5 Å². The van der Waals surface area contributed by atoms with Crippen molar-refractivity contribution in [1.29, 1.82) is 0 Å². The molecule has 0 bridgehead atoms. The summed E-state index contributed by atoms with van der Waals surface area (Å²) in [5.74, 6) is -1.54. The lowest BCUT2D eigenvalue weighted by Crippen LogP contribution is -2.18. The lowest BCUT2D eigenvalue weighted by Gasteiger charge is -2.08. The first-order valence-electron chi connectivity index (χ1n) is 14.3. The van der Waals surface area contributed by atoms with Crippen molar-refractivity contribution in [3.63, 3.8) is 0 Å². The maximum Gasteiger partial charge on any atom is 0.343 e. The predicted molar refractivity (Wildman–Crippen MR) is 188 cm³/mol. The summed E-state index contributed by atoms with van der Waals surface area (Å²) in [7, 11) is 0. The van der Waals surface area contributed by atoms with Crippen molar-refractivity contribution in [3.05, 3.63) is 165 Å². The fourth-order valence-electron chi connectivity index (χ4n) is 4.17. The molecule has 0 heterocycles. The normalized spacial score (nSPS) is 10.9. The average Bonchev–Trinajstić information content (AvgIpc) is 3.09. The molecule has 0 aromatic heterocycles. The molecule has 0 radical (unpaired) electrons. The Balaban J connectivity index is 1.16. The monoisotopic (exact) mass is 721 g/mol. The summed E-state index contributed by atoms with van der Waals surface area (Å²) >= 11 is 9.21. The van der Waals surface area contributed by atoms with E-state index < -0.39 is 17.8 Å². The summed E-state index contributed by atoms with van der Waals surface area (Å²) < 4.78 is 11.9. The van der Waals surface area contributed by atoms with E-state index in [1.165, 1.54) is 18.4 Å². The van der Waals surface area contributed by atoms with Crippen LogP contribution in [-0.4, -0.2) is 30.0 Å². The number of hydrogen-bond donors (Lipinski definition) is 2. The zero-order chi connectivity index (χ0) is 33.9. The summed E-state index contributed by atoms with van der Waals surface area (Å²) in [5.41, 5.74) is 5.00. The lowest BCUT2D eigenvalue weighted by molar-refractivity contribution is -0.128. The Bertz CT molecular complexity index is 2010. The minimum Gasteiger partial charge on any atom is -0.423 e. The van der Waals surface area contributed by atoms with Crippen molar-refractivity contribution in [3.8, 4) is 11.5 Å². The molecule has 2 amide bonds. The number of rotatable bonds is 10. The van der Waals surface area contributed by atoms with Gasteiger partial charge in [-0.1, -0.05) is 57.9 Å². The minimum absolute atomic E-state index is 0.209. The Labute approximate surface area is 289 Å².